The van der Waals surface area contributed by atoms with Gasteiger partial charge in [0.1, 0.15) is 19.3 Å². The third kappa shape index (κ3) is 34.6. The van der Waals surface area contributed by atoms with Crippen LogP contribution in [0.1, 0.15) is 162 Å². The summed E-state index contributed by atoms with van der Waals surface area (Å²) in [6, 6.07) is 0. The van der Waals surface area contributed by atoms with Gasteiger partial charge < -0.3 is 29.9 Å². The third-order valence-corrected chi connectivity index (χ3v) is 9.15. The molecule has 0 amide bonds. The van der Waals surface area contributed by atoms with E-state index in [2.05, 4.69) is 13.8 Å². The Morgan fingerprint density at radius 2 is 1.02 bits per heavy atom. The molecular weight excluding hydrogens is 656 g/mol. The van der Waals surface area contributed by atoms with Crippen molar-refractivity contribution in [1.29, 1.82) is 0 Å². The van der Waals surface area contributed by atoms with Crippen LogP contribution in [0.3, 0.4) is 0 Å². The van der Waals surface area contributed by atoms with Gasteiger partial charge in [-0.25, -0.2) is 0 Å². The summed E-state index contributed by atoms with van der Waals surface area (Å²) in [5.74, 6) is -0.000366. The van der Waals surface area contributed by atoms with Crippen molar-refractivity contribution in [2.24, 2.45) is 5.92 Å². The zero-order valence-corrected chi connectivity index (χ0v) is 33.1. The predicted octanol–water partition coefficient (Wildman–Crippen LogP) is 9.56. The van der Waals surface area contributed by atoms with E-state index in [1.165, 1.54) is 89.5 Å². The van der Waals surface area contributed by atoms with E-state index in [4.69, 9.17) is 9.47 Å². The lowest BCUT2D eigenvalue weighted by Gasteiger charge is -2.14. The number of aliphatic hydroxyl groups excluding tert-OH is 4. The molecule has 52 heavy (non-hydrogen) atoms. The standard InChI is InChI=1S/C44H76O8/c1-4-6-23-30-39(45)31-25-20-17-18-21-26-32-41(47)42(48)33-28-35-44(50)52-37-40(46)36-51-43(49)34-27-22-16-14-12-10-8-7-9-11-13-15-19-24-29-38(3)5-2/h6,17-18,20-21,23,25-26,31-32,38-42,45-48H,4-5,7-16,19,22,24,27-30,33-37H2,1-3H3/b20-17+,21-18-,23-6-,31-25+,32-26-/t38?,39-,40-,41+,42+/m1/s1. The molecule has 0 saturated carbocycles. The molecule has 1 unspecified atom stereocenters. The summed E-state index contributed by atoms with van der Waals surface area (Å²) in [6.07, 6.45) is 36.5. The Bertz CT molecular complexity index is 985. The topological polar surface area (TPSA) is 134 Å². The molecule has 0 fully saturated rings. The van der Waals surface area contributed by atoms with Gasteiger partial charge in [0, 0.05) is 12.8 Å². The molecule has 0 saturated heterocycles. The van der Waals surface area contributed by atoms with Crippen molar-refractivity contribution < 1.29 is 39.5 Å². The second-order valence-corrected chi connectivity index (χ2v) is 14.2. The molecule has 0 radical (unpaired) electrons. The first-order chi connectivity index (χ1) is 25.2. The van der Waals surface area contributed by atoms with Crippen LogP contribution in [0.25, 0.3) is 0 Å². The number of unbranched alkanes of at least 4 members (excludes halogenated alkanes) is 13. The second kappa shape index (κ2) is 36.8. The van der Waals surface area contributed by atoms with E-state index in [0.717, 1.165) is 31.6 Å². The lowest BCUT2D eigenvalue weighted by Crippen LogP contribution is -2.26. The van der Waals surface area contributed by atoms with Gasteiger partial charge in [-0.1, -0.05) is 178 Å². The highest BCUT2D eigenvalue weighted by atomic mass is 16.6. The average molecular weight is 733 g/mol. The molecule has 300 valence electrons. The van der Waals surface area contributed by atoms with Gasteiger partial charge in [0.2, 0.25) is 0 Å². The van der Waals surface area contributed by atoms with E-state index in [1.807, 2.05) is 19.1 Å². The van der Waals surface area contributed by atoms with Crippen LogP contribution >= 0.6 is 0 Å². The van der Waals surface area contributed by atoms with E-state index >= 15 is 0 Å². The molecule has 4 N–H and O–H groups in total. The monoisotopic (exact) mass is 733 g/mol. The largest absolute Gasteiger partial charge is 0.463 e. The Kier molecular flexibility index (Phi) is 35.0. The highest BCUT2D eigenvalue weighted by molar-refractivity contribution is 5.69. The van der Waals surface area contributed by atoms with E-state index in [1.54, 1.807) is 42.5 Å². The molecule has 0 aliphatic carbocycles. The molecule has 0 aromatic rings. The van der Waals surface area contributed by atoms with Crippen LogP contribution in [0.2, 0.25) is 0 Å². The SMILES string of the molecule is CC/C=C\C[C@@H](O)/C=C/C=C/C=C\C=C/[C@H](O)[C@@H](O)CCCC(=O)OC[C@H](O)COC(=O)CCCCCCCCCCCCCCCCC(C)CC. The van der Waals surface area contributed by atoms with Gasteiger partial charge in [0.15, 0.2) is 0 Å². The van der Waals surface area contributed by atoms with Crippen LogP contribution in [-0.2, 0) is 19.1 Å². The normalized spacial score (nSPS) is 15.3. The van der Waals surface area contributed by atoms with Gasteiger partial charge in [0.05, 0.1) is 18.3 Å². The highest BCUT2D eigenvalue weighted by Crippen LogP contribution is 2.16. The molecule has 0 aliphatic heterocycles. The minimum atomic E-state index is -1.09. The molecule has 0 aromatic carbocycles. The van der Waals surface area contributed by atoms with Crippen LogP contribution in [0, 0.1) is 5.92 Å². The first-order valence-corrected chi connectivity index (χ1v) is 20.6. The first kappa shape index (κ1) is 49.5. The van der Waals surface area contributed by atoms with Crippen LogP contribution in [0.15, 0.2) is 60.8 Å². The summed E-state index contributed by atoms with van der Waals surface area (Å²) in [5, 5.41) is 40.1. The van der Waals surface area contributed by atoms with Crippen molar-refractivity contribution in [3.63, 3.8) is 0 Å². The third-order valence-electron chi connectivity index (χ3n) is 9.15. The molecule has 0 heterocycles. The van der Waals surface area contributed by atoms with Gasteiger partial charge in [-0.05, 0) is 38.0 Å². The molecule has 0 rings (SSSR count). The molecule has 0 aliphatic rings. The maximum absolute atomic E-state index is 12.0. The van der Waals surface area contributed by atoms with Crippen molar-refractivity contribution in [3.05, 3.63) is 60.8 Å². The van der Waals surface area contributed by atoms with E-state index < -0.39 is 30.4 Å². The van der Waals surface area contributed by atoms with Crippen molar-refractivity contribution in [1.82, 2.24) is 0 Å². The number of carbonyl (C=O) groups is 2. The van der Waals surface area contributed by atoms with Crippen molar-refractivity contribution in [2.45, 2.75) is 186 Å². The molecule has 0 aromatic heterocycles. The number of ether oxygens (including phenoxy) is 2. The minimum Gasteiger partial charge on any atom is -0.463 e. The zero-order chi connectivity index (χ0) is 38.5. The fraction of sp³-hybridized carbons (Fsp3) is 0.727. The van der Waals surface area contributed by atoms with E-state index in [-0.39, 0.29) is 32.0 Å². The van der Waals surface area contributed by atoms with Crippen LogP contribution in [0.4, 0.5) is 0 Å². The molecular formula is C44H76O8. The highest BCUT2D eigenvalue weighted by Gasteiger charge is 2.15. The summed E-state index contributed by atoms with van der Waals surface area (Å²) in [6.45, 7) is 6.19. The van der Waals surface area contributed by atoms with Gasteiger partial charge in [-0.3, -0.25) is 9.59 Å². The number of carbonyl (C=O) groups excluding carboxylic acids is 2. The number of rotatable bonds is 35. The zero-order valence-electron chi connectivity index (χ0n) is 33.1. The van der Waals surface area contributed by atoms with Crippen molar-refractivity contribution in [3.8, 4) is 0 Å². The Balaban J connectivity index is 3.74. The maximum atomic E-state index is 12.0. The summed E-state index contributed by atoms with van der Waals surface area (Å²) in [4.78, 5) is 24.0. The van der Waals surface area contributed by atoms with Gasteiger partial charge in [-0.2, -0.15) is 0 Å². The summed E-state index contributed by atoms with van der Waals surface area (Å²) >= 11 is 0. The van der Waals surface area contributed by atoms with Gasteiger partial charge in [-0.15, -0.1) is 0 Å². The van der Waals surface area contributed by atoms with Crippen molar-refractivity contribution in [2.75, 3.05) is 13.2 Å². The minimum absolute atomic E-state index is 0.0284. The number of esters is 2. The maximum Gasteiger partial charge on any atom is 0.305 e. The summed E-state index contributed by atoms with van der Waals surface area (Å²) in [5.41, 5.74) is 0. The summed E-state index contributed by atoms with van der Waals surface area (Å²) in [7, 11) is 0. The fourth-order valence-corrected chi connectivity index (χ4v) is 5.52. The lowest BCUT2D eigenvalue weighted by atomic mass is 9.99. The molecule has 8 nitrogen and oxygen atoms in total. The van der Waals surface area contributed by atoms with Gasteiger partial charge in [0.25, 0.3) is 0 Å². The number of hydrogen-bond donors (Lipinski definition) is 4. The Morgan fingerprint density at radius 3 is 1.54 bits per heavy atom. The van der Waals surface area contributed by atoms with Crippen LogP contribution in [-0.4, -0.2) is 70.0 Å². The molecule has 5 atom stereocenters. The number of hydrogen-bond acceptors (Lipinski definition) is 8. The fourth-order valence-electron chi connectivity index (χ4n) is 5.52. The number of allylic oxidation sites excluding steroid dienone is 7. The van der Waals surface area contributed by atoms with E-state index in [0.29, 0.717) is 19.3 Å². The Labute approximate surface area is 317 Å². The van der Waals surface area contributed by atoms with Crippen molar-refractivity contribution >= 4 is 11.9 Å². The summed E-state index contributed by atoms with van der Waals surface area (Å²) < 4.78 is 10.2. The predicted molar refractivity (Wildman–Crippen MR) is 214 cm³/mol. The molecule has 8 heteroatoms. The first-order valence-electron chi connectivity index (χ1n) is 20.6. The average Bonchev–Trinajstić information content (AvgIpc) is 3.13. The van der Waals surface area contributed by atoms with E-state index in [9.17, 15) is 30.0 Å². The Hall–Kier alpha value is -2.52. The van der Waals surface area contributed by atoms with Crippen LogP contribution in [0.5, 0.6) is 0 Å². The van der Waals surface area contributed by atoms with Gasteiger partial charge >= 0.3 is 11.9 Å². The molecule has 0 bridgehead atoms. The number of aliphatic hydroxyl groups is 4. The molecule has 0 spiro atoms. The smallest absolute Gasteiger partial charge is 0.305 e. The Morgan fingerprint density at radius 1 is 0.558 bits per heavy atom. The second-order valence-electron chi connectivity index (χ2n) is 14.2. The van der Waals surface area contributed by atoms with Crippen LogP contribution < -0.4 is 0 Å². The quantitative estimate of drug-likeness (QED) is 0.0219. The lowest BCUT2D eigenvalue weighted by molar-refractivity contribution is -0.152.